The molecule has 0 aliphatic heterocycles. The van der Waals surface area contributed by atoms with Crippen LogP contribution < -0.4 is 10.9 Å². The number of carbonyl (C=O) groups is 1. The second-order valence-electron chi connectivity index (χ2n) is 6.49. The minimum absolute atomic E-state index is 0.146. The average Bonchev–Trinajstić information content (AvgIpc) is 2.72. The van der Waals surface area contributed by atoms with Crippen molar-refractivity contribution in [3.05, 3.63) is 78.0 Å². The lowest BCUT2D eigenvalue weighted by Crippen LogP contribution is -2.37. The number of nitrogens with one attached hydrogen (secondary N) is 2. The summed E-state index contributed by atoms with van der Waals surface area (Å²) in [5.41, 5.74) is 10.3. The number of amides is 1. The van der Waals surface area contributed by atoms with Gasteiger partial charge in [0.1, 0.15) is 0 Å². The normalized spacial score (nSPS) is 13.9. The van der Waals surface area contributed by atoms with Gasteiger partial charge in [-0.1, -0.05) is 54.6 Å². The third kappa shape index (κ3) is 3.45. The van der Waals surface area contributed by atoms with Crippen molar-refractivity contribution in [2.75, 3.05) is 0 Å². The van der Waals surface area contributed by atoms with Gasteiger partial charge >= 0.3 is 0 Å². The van der Waals surface area contributed by atoms with Crippen molar-refractivity contribution in [1.82, 2.24) is 15.8 Å². The first kappa shape index (κ1) is 16.3. The summed E-state index contributed by atoms with van der Waals surface area (Å²) in [4.78, 5) is 17.6. The number of hydrogen-bond acceptors (Lipinski definition) is 3. The van der Waals surface area contributed by atoms with Gasteiger partial charge < -0.3 is 5.43 Å². The summed E-state index contributed by atoms with van der Waals surface area (Å²) in [5.74, 6) is -0.146. The van der Waals surface area contributed by atoms with E-state index in [0.717, 1.165) is 47.1 Å². The van der Waals surface area contributed by atoms with E-state index >= 15 is 0 Å². The maximum absolute atomic E-state index is 12.9. The van der Waals surface area contributed by atoms with Crippen molar-refractivity contribution < 1.29 is 4.79 Å². The Morgan fingerprint density at radius 3 is 2.58 bits per heavy atom. The van der Waals surface area contributed by atoms with Crippen LogP contribution in [0.3, 0.4) is 0 Å². The van der Waals surface area contributed by atoms with Crippen molar-refractivity contribution in [2.45, 2.75) is 25.7 Å². The monoisotopic (exact) mass is 343 g/mol. The number of pyridine rings is 1. The minimum Gasteiger partial charge on any atom is -0.303 e. The summed E-state index contributed by atoms with van der Waals surface area (Å²) in [6, 6.07) is 19.5. The second kappa shape index (κ2) is 7.40. The number of hydrogen-bond donors (Lipinski definition) is 2. The molecule has 0 atom stereocenters. The van der Waals surface area contributed by atoms with Gasteiger partial charge in [-0.05, 0) is 37.8 Å². The lowest BCUT2D eigenvalue weighted by molar-refractivity contribution is 0.0939. The SMILES string of the molecule is O=C(NNC1=CCCCC1)c1cc(-c2ccccc2)nc2ccccc12. The van der Waals surface area contributed by atoms with Gasteiger partial charge in [-0.3, -0.25) is 10.2 Å². The molecular weight excluding hydrogens is 322 g/mol. The molecule has 26 heavy (non-hydrogen) atoms. The number of allylic oxidation sites excluding steroid dienone is 2. The molecular formula is C22H21N3O. The summed E-state index contributed by atoms with van der Waals surface area (Å²) < 4.78 is 0. The number of para-hydroxylation sites is 1. The molecule has 1 aliphatic rings. The highest BCUT2D eigenvalue weighted by Gasteiger charge is 2.14. The Balaban J connectivity index is 1.68. The predicted octanol–water partition coefficient (Wildman–Crippen LogP) is 4.59. The first-order valence-electron chi connectivity index (χ1n) is 9.02. The molecule has 2 aromatic carbocycles. The lowest BCUT2D eigenvalue weighted by Gasteiger charge is -2.16. The number of nitrogens with zero attached hydrogens (tertiary/aromatic N) is 1. The molecule has 1 aliphatic carbocycles. The van der Waals surface area contributed by atoms with E-state index < -0.39 is 0 Å². The van der Waals surface area contributed by atoms with Gasteiger partial charge in [0.15, 0.2) is 0 Å². The standard InChI is InChI=1S/C22H21N3O/c26-22(25-24-17-11-5-2-6-12-17)19-15-21(16-9-3-1-4-10-16)23-20-14-8-7-13-18(19)20/h1,3-4,7-11,13-15,24H,2,5-6,12H2,(H,25,26). The van der Waals surface area contributed by atoms with E-state index in [2.05, 4.69) is 16.9 Å². The van der Waals surface area contributed by atoms with Gasteiger partial charge in [-0.15, -0.1) is 0 Å². The van der Waals surface area contributed by atoms with Crippen molar-refractivity contribution in [3.63, 3.8) is 0 Å². The zero-order valence-corrected chi connectivity index (χ0v) is 14.5. The first-order valence-corrected chi connectivity index (χ1v) is 9.02. The fraction of sp³-hybridized carbons (Fsp3) is 0.182. The van der Waals surface area contributed by atoms with E-state index in [1.165, 1.54) is 6.42 Å². The van der Waals surface area contributed by atoms with Gasteiger partial charge in [-0.25, -0.2) is 4.98 Å². The molecule has 0 fully saturated rings. The van der Waals surface area contributed by atoms with Gasteiger partial charge in [-0.2, -0.15) is 0 Å². The molecule has 0 saturated heterocycles. The molecule has 130 valence electrons. The largest absolute Gasteiger partial charge is 0.303 e. The van der Waals surface area contributed by atoms with Crippen LogP contribution in [0.5, 0.6) is 0 Å². The van der Waals surface area contributed by atoms with E-state index in [4.69, 9.17) is 4.98 Å². The first-order chi connectivity index (χ1) is 12.8. The Morgan fingerprint density at radius 1 is 0.962 bits per heavy atom. The highest BCUT2D eigenvalue weighted by Crippen LogP contribution is 2.24. The van der Waals surface area contributed by atoms with E-state index in [0.29, 0.717) is 5.56 Å². The number of fused-ring (bicyclic) bond motifs is 1. The van der Waals surface area contributed by atoms with Crippen LogP contribution in [-0.2, 0) is 0 Å². The van der Waals surface area contributed by atoms with Crippen molar-refractivity contribution in [1.29, 1.82) is 0 Å². The molecule has 0 saturated carbocycles. The van der Waals surface area contributed by atoms with Gasteiger partial charge in [0.2, 0.25) is 0 Å². The Labute approximate surface area is 152 Å². The van der Waals surface area contributed by atoms with E-state index in [1.807, 2.05) is 60.7 Å². The maximum atomic E-state index is 12.9. The molecule has 2 N–H and O–H groups in total. The Morgan fingerprint density at radius 2 is 1.77 bits per heavy atom. The number of hydrazine groups is 1. The summed E-state index contributed by atoms with van der Waals surface area (Å²) >= 11 is 0. The smallest absolute Gasteiger partial charge is 0.270 e. The van der Waals surface area contributed by atoms with Crippen molar-refractivity contribution in [2.24, 2.45) is 0 Å². The lowest BCUT2D eigenvalue weighted by atomic mass is 10.0. The molecule has 0 unspecified atom stereocenters. The van der Waals surface area contributed by atoms with Crippen molar-refractivity contribution in [3.8, 4) is 11.3 Å². The highest BCUT2D eigenvalue weighted by molar-refractivity contribution is 6.07. The summed E-state index contributed by atoms with van der Waals surface area (Å²) in [6.07, 6.45) is 6.57. The molecule has 1 aromatic heterocycles. The number of aromatic nitrogens is 1. The molecule has 4 heteroatoms. The van der Waals surface area contributed by atoms with Gasteiger partial charge in [0, 0.05) is 16.6 Å². The molecule has 0 spiro atoms. The van der Waals surface area contributed by atoms with Crippen LogP contribution in [0.1, 0.15) is 36.0 Å². The number of benzene rings is 2. The quantitative estimate of drug-likeness (QED) is 0.681. The van der Waals surface area contributed by atoms with Crippen LogP contribution in [0.4, 0.5) is 0 Å². The van der Waals surface area contributed by atoms with Crippen LogP contribution >= 0.6 is 0 Å². The Bertz CT molecular complexity index is 964. The Kier molecular flexibility index (Phi) is 4.65. The van der Waals surface area contributed by atoms with Gasteiger partial charge in [0.25, 0.3) is 5.91 Å². The Hall–Kier alpha value is -3.14. The zero-order chi connectivity index (χ0) is 17.8. The molecule has 0 radical (unpaired) electrons. The van der Waals surface area contributed by atoms with Crippen LogP contribution in [0.2, 0.25) is 0 Å². The fourth-order valence-corrected chi connectivity index (χ4v) is 3.28. The van der Waals surface area contributed by atoms with Crippen LogP contribution in [-0.4, -0.2) is 10.9 Å². The number of carbonyl (C=O) groups excluding carboxylic acids is 1. The summed E-state index contributed by atoms with van der Waals surface area (Å²) in [6.45, 7) is 0. The molecule has 4 nitrogen and oxygen atoms in total. The van der Waals surface area contributed by atoms with Crippen LogP contribution in [0.25, 0.3) is 22.2 Å². The fourth-order valence-electron chi connectivity index (χ4n) is 3.28. The third-order valence-electron chi connectivity index (χ3n) is 4.66. The molecule has 1 heterocycles. The average molecular weight is 343 g/mol. The summed E-state index contributed by atoms with van der Waals surface area (Å²) in [7, 11) is 0. The van der Waals surface area contributed by atoms with E-state index in [9.17, 15) is 4.79 Å². The molecule has 0 bridgehead atoms. The third-order valence-corrected chi connectivity index (χ3v) is 4.66. The second-order valence-corrected chi connectivity index (χ2v) is 6.49. The van der Waals surface area contributed by atoms with Crippen LogP contribution in [0.15, 0.2) is 72.4 Å². The molecule has 1 amide bonds. The van der Waals surface area contributed by atoms with Gasteiger partial charge in [0.05, 0.1) is 16.8 Å². The summed E-state index contributed by atoms with van der Waals surface area (Å²) in [5, 5.41) is 0.851. The topological polar surface area (TPSA) is 54.0 Å². The van der Waals surface area contributed by atoms with E-state index in [1.54, 1.807) is 0 Å². The number of rotatable bonds is 4. The minimum atomic E-state index is -0.146. The van der Waals surface area contributed by atoms with Crippen LogP contribution in [0, 0.1) is 0 Å². The highest BCUT2D eigenvalue weighted by atomic mass is 16.2. The maximum Gasteiger partial charge on any atom is 0.270 e. The molecule has 3 aromatic rings. The van der Waals surface area contributed by atoms with E-state index in [-0.39, 0.29) is 5.91 Å². The van der Waals surface area contributed by atoms with Crippen molar-refractivity contribution >= 4 is 16.8 Å². The zero-order valence-electron chi connectivity index (χ0n) is 14.5. The predicted molar refractivity (Wildman–Crippen MR) is 104 cm³/mol. The molecule has 4 rings (SSSR count).